The Kier molecular flexibility index (Phi) is 4.51. The molecule has 0 aliphatic carbocycles. The number of anilines is 3. The van der Waals surface area contributed by atoms with Gasteiger partial charge in [-0.15, -0.1) is 0 Å². The lowest BCUT2D eigenvalue weighted by Crippen LogP contribution is -2.47. The first kappa shape index (κ1) is 15.4. The number of hydrogen-bond acceptors (Lipinski definition) is 3. The molecule has 0 bridgehead atoms. The number of para-hydroxylation sites is 1. The molecule has 1 saturated heterocycles. The molecule has 1 amide bonds. The number of piperazine rings is 1. The smallest absolute Gasteiger partial charge is 0.211 e. The molecule has 4 heteroatoms. The van der Waals surface area contributed by atoms with Gasteiger partial charge in [0.2, 0.25) is 6.41 Å². The van der Waals surface area contributed by atoms with Gasteiger partial charge in [-0.3, -0.25) is 4.79 Å². The van der Waals surface area contributed by atoms with Gasteiger partial charge in [-0.25, -0.2) is 0 Å². The average Bonchev–Trinajstić information content (AvgIpc) is 2.56. The van der Waals surface area contributed by atoms with Crippen LogP contribution in [0.5, 0.6) is 0 Å². The Balaban J connectivity index is 1.74. The van der Waals surface area contributed by atoms with Crippen molar-refractivity contribution in [2.24, 2.45) is 0 Å². The molecular weight excluding hydrogens is 286 g/mol. The molecule has 0 unspecified atom stereocenters. The Bertz CT molecular complexity index is 691. The van der Waals surface area contributed by atoms with Gasteiger partial charge in [0, 0.05) is 31.9 Å². The average molecular weight is 309 g/mol. The maximum Gasteiger partial charge on any atom is 0.211 e. The molecule has 1 heterocycles. The first-order valence-electron chi connectivity index (χ1n) is 8.05. The van der Waals surface area contributed by atoms with Crippen molar-refractivity contribution in [1.29, 1.82) is 0 Å². The molecule has 0 aromatic heterocycles. The zero-order chi connectivity index (χ0) is 16.2. The van der Waals surface area contributed by atoms with E-state index >= 15 is 0 Å². The lowest BCUT2D eigenvalue weighted by Gasteiger charge is -2.38. The molecule has 4 nitrogen and oxygen atoms in total. The van der Waals surface area contributed by atoms with Gasteiger partial charge in [-0.2, -0.15) is 0 Å². The maximum absolute atomic E-state index is 10.9. The fourth-order valence-electron chi connectivity index (χ4n) is 3.21. The Labute approximate surface area is 137 Å². The molecule has 2 aromatic carbocycles. The van der Waals surface area contributed by atoms with Crippen molar-refractivity contribution in [3.63, 3.8) is 0 Å². The van der Waals surface area contributed by atoms with Gasteiger partial charge in [-0.1, -0.05) is 24.3 Å². The van der Waals surface area contributed by atoms with E-state index in [9.17, 15) is 4.79 Å². The van der Waals surface area contributed by atoms with Crippen molar-refractivity contribution >= 4 is 23.5 Å². The monoisotopic (exact) mass is 309 g/mol. The van der Waals surface area contributed by atoms with Gasteiger partial charge < -0.3 is 15.1 Å². The van der Waals surface area contributed by atoms with E-state index in [2.05, 4.69) is 58.4 Å². The molecule has 120 valence electrons. The second-order valence-electron chi connectivity index (χ2n) is 6.04. The van der Waals surface area contributed by atoms with Crippen molar-refractivity contribution in [2.75, 3.05) is 41.3 Å². The predicted molar refractivity (Wildman–Crippen MR) is 96.5 cm³/mol. The number of benzene rings is 2. The van der Waals surface area contributed by atoms with E-state index in [-0.39, 0.29) is 0 Å². The molecule has 3 rings (SSSR count). The highest BCUT2D eigenvalue weighted by atomic mass is 16.1. The quantitative estimate of drug-likeness (QED) is 0.881. The summed E-state index contributed by atoms with van der Waals surface area (Å²) in [6.45, 7) is 8.07. The number of rotatable bonds is 4. The molecule has 1 aliphatic rings. The second kappa shape index (κ2) is 6.73. The summed E-state index contributed by atoms with van der Waals surface area (Å²) in [6.07, 6.45) is 0.752. The first-order valence-corrected chi connectivity index (χ1v) is 8.05. The van der Waals surface area contributed by atoms with Crippen LogP contribution in [0.4, 0.5) is 17.1 Å². The van der Waals surface area contributed by atoms with Gasteiger partial charge in [0.15, 0.2) is 0 Å². The normalized spacial score (nSPS) is 14.7. The van der Waals surface area contributed by atoms with Crippen molar-refractivity contribution in [3.8, 4) is 0 Å². The summed E-state index contributed by atoms with van der Waals surface area (Å²) < 4.78 is 0. The van der Waals surface area contributed by atoms with Crippen LogP contribution >= 0.6 is 0 Å². The van der Waals surface area contributed by atoms with E-state index in [1.54, 1.807) is 0 Å². The number of carbonyl (C=O) groups is 1. The number of aryl methyl sites for hydroxylation is 2. The van der Waals surface area contributed by atoms with Crippen LogP contribution in [-0.2, 0) is 4.79 Å². The molecule has 0 radical (unpaired) electrons. The third kappa shape index (κ3) is 3.31. The fourth-order valence-corrected chi connectivity index (χ4v) is 3.21. The summed E-state index contributed by atoms with van der Waals surface area (Å²) in [7, 11) is 0. The van der Waals surface area contributed by atoms with E-state index in [0.717, 1.165) is 49.5 Å². The van der Waals surface area contributed by atoms with Crippen LogP contribution in [0.3, 0.4) is 0 Å². The zero-order valence-electron chi connectivity index (χ0n) is 13.7. The van der Waals surface area contributed by atoms with Crippen molar-refractivity contribution in [2.45, 2.75) is 13.8 Å². The van der Waals surface area contributed by atoms with Gasteiger partial charge in [0.25, 0.3) is 0 Å². The third-order valence-corrected chi connectivity index (χ3v) is 4.44. The Morgan fingerprint density at radius 3 is 2.22 bits per heavy atom. The standard InChI is InChI=1S/C19H23N3O/c1-15-7-8-19(17(13-15)20-14-23)22-11-9-21(10-12-22)18-6-4-3-5-16(18)2/h3-8,13-14H,9-12H2,1-2H3,(H,20,23). The highest BCUT2D eigenvalue weighted by Gasteiger charge is 2.20. The van der Waals surface area contributed by atoms with Gasteiger partial charge in [0.05, 0.1) is 11.4 Å². The van der Waals surface area contributed by atoms with Crippen LogP contribution < -0.4 is 15.1 Å². The predicted octanol–water partition coefficient (Wildman–Crippen LogP) is 3.20. The number of nitrogens with one attached hydrogen (secondary N) is 1. The minimum absolute atomic E-state index is 0.752. The van der Waals surface area contributed by atoms with Gasteiger partial charge >= 0.3 is 0 Å². The highest BCUT2D eigenvalue weighted by Crippen LogP contribution is 2.29. The number of nitrogens with zero attached hydrogens (tertiary/aromatic N) is 2. The Hall–Kier alpha value is -2.49. The van der Waals surface area contributed by atoms with Crippen LogP contribution in [0, 0.1) is 13.8 Å². The molecule has 2 aromatic rings. The lowest BCUT2D eigenvalue weighted by atomic mass is 10.1. The Morgan fingerprint density at radius 2 is 1.57 bits per heavy atom. The SMILES string of the molecule is Cc1ccc(N2CCN(c3ccccc3C)CC2)c(NC=O)c1. The minimum atomic E-state index is 0.752. The summed E-state index contributed by atoms with van der Waals surface area (Å²) in [5, 5.41) is 2.83. The number of hydrogen-bond donors (Lipinski definition) is 1. The fraction of sp³-hybridized carbons (Fsp3) is 0.316. The largest absolute Gasteiger partial charge is 0.368 e. The molecule has 1 N–H and O–H groups in total. The van der Waals surface area contributed by atoms with Crippen LogP contribution in [0.25, 0.3) is 0 Å². The number of amides is 1. The molecule has 0 spiro atoms. The van der Waals surface area contributed by atoms with E-state index in [1.165, 1.54) is 11.3 Å². The minimum Gasteiger partial charge on any atom is -0.368 e. The molecule has 0 atom stereocenters. The second-order valence-corrected chi connectivity index (χ2v) is 6.04. The molecule has 23 heavy (non-hydrogen) atoms. The van der Waals surface area contributed by atoms with Gasteiger partial charge in [-0.05, 0) is 43.2 Å². The lowest BCUT2D eigenvalue weighted by molar-refractivity contribution is -0.105. The number of carbonyl (C=O) groups excluding carboxylic acids is 1. The summed E-state index contributed by atoms with van der Waals surface area (Å²) in [6, 6.07) is 14.8. The highest BCUT2D eigenvalue weighted by molar-refractivity contribution is 5.82. The van der Waals surface area contributed by atoms with Crippen molar-refractivity contribution < 1.29 is 4.79 Å². The summed E-state index contributed by atoms with van der Waals surface area (Å²) in [5.41, 5.74) is 5.79. The van der Waals surface area contributed by atoms with E-state index in [1.807, 2.05) is 13.0 Å². The van der Waals surface area contributed by atoms with E-state index < -0.39 is 0 Å². The Morgan fingerprint density at radius 1 is 0.913 bits per heavy atom. The molecular formula is C19H23N3O. The summed E-state index contributed by atoms with van der Waals surface area (Å²) in [5.74, 6) is 0. The van der Waals surface area contributed by atoms with Crippen LogP contribution in [0.2, 0.25) is 0 Å². The summed E-state index contributed by atoms with van der Waals surface area (Å²) >= 11 is 0. The third-order valence-electron chi connectivity index (χ3n) is 4.44. The van der Waals surface area contributed by atoms with Crippen LogP contribution in [-0.4, -0.2) is 32.6 Å². The zero-order valence-corrected chi connectivity index (χ0v) is 13.7. The topological polar surface area (TPSA) is 35.6 Å². The molecule has 1 fully saturated rings. The van der Waals surface area contributed by atoms with Crippen LogP contribution in [0.15, 0.2) is 42.5 Å². The van der Waals surface area contributed by atoms with Crippen molar-refractivity contribution in [3.05, 3.63) is 53.6 Å². The van der Waals surface area contributed by atoms with Gasteiger partial charge in [0.1, 0.15) is 0 Å². The first-order chi connectivity index (χ1) is 11.2. The molecule has 0 saturated carbocycles. The van der Waals surface area contributed by atoms with Crippen molar-refractivity contribution in [1.82, 2.24) is 0 Å². The maximum atomic E-state index is 10.9. The van der Waals surface area contributed by atoms with E-state index in [0.29, 0.717) is 0 Å². The summed E-state index contributed by atoms with van der Waals surface area (Å²) in [4.78, 5) is 15.6. The molecule has 1 aliphatic heterocycles. The van der Waals surface area contributed by atoms with Crippen LogP contribution in [0.1, 0.15) is 11.1 Å². The van der Waals surface area contributed by atoms with E-state index in [4.69, 9.17) is 0 Å².